The number of hydrogen-bond acceptors (Lipinski definition) is 3. The van der Waals surface area contributed by atoms with Gasteiger partial charge in [-0.1, -0.05) is 25.0 Å². The number of nitrogen functional groups attached to an aromatic ring is 1. The number of aromatic amines is 1. The van der Waals surface area contributed by atoms with E-state index in [1.807, 2.05) is 12.1 Å². The average molecular weight is 283 g/mol. The third-order valence-corrected chi connectivity index (χ3v) is 4.22. The summed E-state index contributed by atoms with van der Waals surface area (Å²) in [6.45, 7) is 0. The van der Waals surface area contributed by atoms with E-state index in [1.165, 1.54) is 31.4 Å². The second-order valence-corrected chi connectivity index (χ2v) is 5.69. The Bertz CT molecular complexity index is 666. The second kappa shape index (κ2) is 5.56. The molecule has 1 heterocycles. The Morgan fingerprint density at radius 1 is 1.24 bits per heavy atom. The van der Waals surface area contributed by atoms with Crippen molar-refractivity contribution in [1.29, 1.82) is 0 Å². The standard InChI is InChI=1S/C17H21N3O/c18-14(13-7-3-4-8-16(13)21)9-12-10-15(20-17(12)19)11-5-1-2-6-11/h3-4,7-11,20-21H,1-2,5-6,18-19H2/b14-9-. The summed E-state index contributed by atoms with van der Waals surface area (Å²) in [6.07, 6.45) is 6.83. The van der Waals surface area contributed by atoms with E-state index in [-0.39, 0.29) is 5.75 Å². The molecule has 0 bridgehead atoms. The summed E-state index contributed by atoms with van der Waals surface area (Å²) in [4.78, 5) is 3.27. The molecule has 2 aromatic rings. The summed E-state index contributed by atoms with van der Waals surface area (Å²) in [5, 5.41) is 9.85. The molecule has 21 heavy (non-hydrogen) atoms. The topological polar surface area (TPSA) is 88.1 Å². The third-order valence-electron chi connectivity index (χ3n) is 4.22. The lowest BCUT2D eigenvalue weighted by Crippen LogP contribution is -1.97. The van der Waals surface area contributed by atoms with Gasteiger partial charge in [-0.05, 0) is 43.0 Å². The number of nitrogens with one attached hydrogen (secondary N) is 1. The van der Waals surface area contributed by atoms with E-state index >= 15 is 0 Å². The van der Waals surface area contributed by atoms with Crippen LogP contribution in [0.15, 0.2) is 30.3 Å². The summed E-state index contributed by atoms with van der Waals surface area (Å²) >= 11 is 0. The van der Waals surface area contributed by atoms with E-state index in [2.05, 4.69) is 11.1 Å². The molecule has 3 rings (SSSR count). The number of aromatic hydroxyl groups is 1. The molecule has 1 fully saturated rings. The summed E-state index contributed by atoms with van der Waals surface area (Å²) in [6, 6.07) is 9.12. The quantitative estimate of drug-likeness (QED) is 0.696. The predicted molar refractivity (Wildman–Crippen MR) is 86.6 cm³/mol. The van der Waals surface area contributed by atoms with E-state index in [0.717, 1.165) is 5.56 Å². The van der Waals surface area contributed by atoms with Crippen LogP contribution in [0.2, 0.25) is 0 Å². The highest BCUT2D eigenvalue weighted by atomic mass is 16.3. The van der Waals surface area contributed by atoms with E-state index < -0.39 is 0 Å². The Morgan fingerprint density at radius 2 is 1.95 bits per heavy atom. The van der Waals surface area contributed by atoms with Crippen LogP contribution >= 0.6 is 0 Å². The van der Waals surface area contributed by atoms with Crippen LogP contribution in [0.25, 0.3) is 11.8 Å². The molecule has 0 spiro atoms. The van der Waals surface area contributed by atoms with E-state index in [4.69, 9.17) is 11.5 Å². The summed E-state index contributed by atoms with van der Waals surface area (Å²) in [7, 11) is 0. The van der Waals surface area contributed by atoms with Gasteiger partial charge < -0.3 is 21.6 Å². The Hall–Kier alpha value is -2.36. The van der Waals surface area contributed by atoms with Gasteiger partial charge in [-0.25, -0.2) is 0 Å². The van der Waals surface area contributed by atoms with Crippen molar-refractivity contribution in [2.45, 2.75) is 31.6 Å². The number of H-pyrrole nitrogens is 1. The number of benzene rings is 1. The Kier molecular flexibility index (Phi) is 3.60. The number of para-hydroxylation sites is 1. The van der Waals surface area contributed by atoms with Gasteiger partial charge in [-0.15, -0.1) is 0 Å². The molecule has 0 amide bonds. The highest BCUT2D eigenvalue weighted by Crippen LogP contribution is 2.35. The average Bonchev–Trinajstić information content (AvgIpc) is 3.10. The van der Waals surface area contributed by atoms with Crippen molar-refractivity contribution in [1.82, 2.24) is 4.98 Å². The first-order valence-corrected chi connectivity index (χ1v) is 7.39. The molecule has 1 aromatic carbocycles. The van der Waals surface area contributed by atoms with Crippen LogP contribution in [0, 0.1) is 0 Å². The summed E-state index contributed by atoms with van der Waals surface area (Å²) in [5.74, 6) is 1.40. The monoisotopic (exact) mass is 283 g/mol. The van der Waals surface area contributed by atoms with Crippen LogP contribution in [0.5, 0.6) is 5.75 Å². The zero-order valence-corrected chi connectivity index (χ0v) is 12.0. The number of phenols is 1. The molecule has 0 saturated heterocycles. The normalized spacial score (nSPS) is 16.5. The molecular formula is C17H21N3O. The van der Waals surface area contributed by atoms with Crippen molar-refractivity contribution < 1.29 is 5.11 Å². The molecule has 6 N–H and O–H groups in total. The van der Waals surface area contributed by atoms with Crippen LogP contribution in [0.1, 0.15) is 48.4 Å². The van der Waals surface area contributed by atoms with Crippen LogP contribution in [0.4, 0.5) is 5.82 Å². The molecule has 110 valence electrons. The maximum Gasteiger partial charge on any atom is 0.124 e. The van der Waals surface area contributed by atoms with Gasteiger partial charge in [0.15, 0.2) is 0 Å². The van der Waals surface area contributed by atoms with Crippen molar-refractivity contribution in [3.05, 3.63) is 47.2 Å². The Balaban J connectivity index is 1.90. The highest BCUT2D eigenvalue weighted by molar-refractivity contribution is 5.84. The molecule has 0 radical (unpaired) electrons. The molecule has 1 aliphatic carbocycles. The van der Waals surface area contributed by atoms with E-state index in [1.54, 1.807) is 18.2 Å². The Morgan fingerprint density at radius 3 is 2.67 bits per heavy atom. The largest absolute Gasteiger partial charge is 0.507 e. The fourth-order valence-electron chi connectivity index (χ4n) is 3.05. The lowest BCUT2D eigenvalue weighted by molar-refractivity contribution is 0.473. The lowest BCUT2D eigenvalue weighted by atomic mass is 10.0. The highest BCUT2D eigenvalue weighted by Gasteiger charge is 2.19. The van der Waals surface area contributed by atoms with Gasteiger partial charge in [0, 0.05) is 22.5 Å². The van der Waals surface area contributed by atoms with Crippen molar-refractivity contribution in [2.75, 3.05) is 5.73 Å². The molecule has 0 aliphatic heterocycles. The van der Waals surface area contributed by atoms with Crippen LogP contribution < -0.4 is 11.5 Å². The molecule has 1 aromatic heterocycles. The summed E-state index contributed by atoms with van der Waals surface area (Å²) < 4.78 is 0. The minimum absolute atomic E-state index is 0.177. The number of rotatable bonds is 3. The maximum absolute atomic E-state index is 9.85. The van der Waals surface area contributed by atoms with Crippen molar-refractivity contribution in [3.63, 3.8) is 0 Å². The molecule has 0 atom stereocenters. The molecule has 4 nitrogen and oxygen atoms in total. The first-order valence-electron chi connectivity index (χ1n) is 7.39. The van der Waals surface area contributed by atoms with Crippen molar-refractivity contribution in [3.8, 4) is 5.75 Å². The molecule has 1 saturated carbocycles. The van der Waals surface area contributed by atoms with Crippen molar-refractivity contribution in [2.24, 2.45) is 5.73 Å². The van der Waals surface area contributed by atoms with Gasteiger partial charge >= 0.3 is 0 Å². The van der Waals surface area contributed by atoms with Crippen LogP contribution in [-0.2, 0) is 0 Å². The van der Waals surface area contributed by atoms with Gasteiger partial charge in [0.25, 0.3) is 0 Å². The molecule has 4 heteroatoms. The number of phenolic OH excluding ortho intramolecular Hbond substituents is 1. The van der Waals surface area contributed by atoms with Crippen LogP contribution in [-0.4, -0.2) is 10.1 Å². The zero-order valence-electron chi connectivity index (χ0n) is 12.0. The number of anilines is 1. The van der Waals surface area contributed by atoms with Crippen molar-refractivity contribution >= 4 is 17.6 Å². The number of hydrogen-bond donors (Lipinski definition) is 4. The SMILES string of the molecule is N/C(=C\c1cc(C2CCCC2)[nH]c1N)c1ccccc1O. The first kappa shape index (κ1) is 13.6. The third kappa shape index (κ3) is 2.75. The smallest absolute Gasteiger partial charge is 0.124 e. The van der Waals surface area contributed by atoms with Crippen LogP contribution in [0.3, 0.4) is 0 Å². The number of aromatic nitrogens is 1. The molecule has 0 unspecified atom stereocenters. The van der Waals surface area contributed by atoms with Gasteiger partial charge in [0.05, 0.1) is 0 Å². The van der Waals surface area contributed by atoms with E-state index in [9.17, 15) is 5.11 Å². The predicted octanol–water partition coefficient (Wildman–Crippen LogP) is 3.42. The second-order valence-electron chi connectivity index (χ2n) is 5.69. The van der Waals surface area contributed by atoms with Gasteiger partial charge in [0.2, 0.25) is 0 Å². The lowest BCUT2D eigenvalue weighted by Gasteiger charge is -2.04. The number of nitrogens with two attached hydrogens (primary N) is 2. The Labute approximate surface area is 124 Å². The minimum Gasteiger partial charge on any atom is -0.507 e. The summed E-state index contributed by atoms with van der Waals surface area (Å²) in [5.41, 5.74) is 15.4. The van der Waals surface area contributed by atoms with Gasteiger partial charge in [-0.2, -0.15) is 0 Å². The first-order chi connectivity index (χ1) is 10.1. The maximum atomic E-state index is 9.85. The van der Waals surface area contributed by atoms with E-state index in [0.29, 0.717) is 23.0 Å². The molecule has 1 aliphatic rings. The van der Waals surface area contributed by atoms with Gasteiger partial charge in [-0.3, -0.25) is 0 Å². The zero-order chi connectivity index (χ0) is 14.8. The fourth-order valence-corrected chi connectivity index (χ4v) is 3.05. The fraction of sp³-hybridized carbons (Fsp3) is 0.294. The minimum atomic E-state index is 0.177. The van der Waals surface area contributed by atoms with Gasteiger partial charge in [0.1, 0.15) is 11.6 Å². The molecular weight excluding hydrogens is 262 g/mol.